The molecule has 1 atom stereocenters. The van der Waals surface area contributed by atoms with Gasteiger partial charge in [-0.3, -0.25) is 0 Å². The highest BCUT2D eigenvalue weighted by Gasteiger charge is 2.09. The van der Waals surface area contributed by atoms with E-state index in [0.29, 0.717) is 13.2 Å². The minimum Gasteiger partial charge on any atom is -0.396 e. The fraction of sp³-hybridized carbons (Fsp3) is 0.647. The zero-order valence-electron chi connectivity index (χ0n) is 13.2. The van der Waals surface area contributed by atoms with E-state index in [-0.39, 0.29) is 12.7 Å². The van der Waals surface area contributed by atoms with Crippen LogP contribution in [-0.2, 0) is 15.9 Å². The van der Waals surface area contributed by atoms with Crippen LogP contribution in [0.3, 0.4) is 0 Å². The number of rotatable bonds is 10. The van der Waals surface area contributed by atoms with Gasteiger partial charge >= 0.3 is 0 Å². The third-order valence-electron chi connectivity index (χ3n) is 2.92. The van der Waals surface area contributed by atoms with Crippen LogP contribution in [0.2, 0.25) is 0 Å². The van der Waals surface area contributed by atoms with Gasteiger partial charge in [0.1, 0.15) is 0 Å². The topological polar surface area (TPSA) is 38.7 Å². The second kappa shape index (κ2) is 14.5. The summed E-state index contributed by atoms with van der Waals surface area (Å²) < 4.78 is 10.8. The van der Waals surface area contributed by atoms with Gasteiger partial charge in [-0.05, 0) is 31.2 Å². The minimum atomic E-state index is 0.215. The normalized spacial score (nSPS) is 11.6. The fourth-order valence-corrected chi connectivity index (χ4v) is 1.90. The minimum absolute atomic E-state index is 0.215. The van der Waals surface area contributed by atoms with Crippen LogP contribution in [0.5, 0.6) is 0 Å². The average Bonchev–Trinajstić information content (AvgIpc) is 2.52. The van der Waals surface area contributed by atoms with Gasteiger partial charge in [0, 0.05) is 13.7 Å². The Morgan fingerprint density at radius 1 is 1.05 bits per heavy atom. The molecule has 3 nitrogen and oxygen atoms in total. The van der Waals surface area contributed by atoms with E-state index in [0.717, 1.165) is 25.7 Å². The zero-order valence-corrected chi connectivity index (χ0v) is 13.2. The van der Waals surface area contributed by atoms with Crippen molar-refractivity contribution < 1.29 is 14.6 Å². The standard InChI is InChI=1S/C15H24O3.C2H6/c1-17-12-13-18-15(8-5-11-16)10-9-14-6-3-2-4-7-14;1-2/h2-4,6-7,15-16H,5,8-13H2,1H3;1-2H3. The van der Waals surface area contributed by atoms with Gasteiger partial charge in [-0.1, -0.05) is 44.2 Å². The molecule has 0 aliphatic carbocycles. The Kier molecular flexibility index (Phi) is 13.9. The lowest BCUT2D eigenvalue weighted by Gasteiger charge is -2.17. The molecule has 20 heavy (non-hydrogen) atoms. The Bertz CT molecular complexity index is 288. The molecule has 0 aromatic heterocycles. The lowest BCUT2D eigenvalue weighted by atomic mass is 10.0. The highest BCUT2D eigenvalue weighted by Crippen LogP contribution is 2.12. The summed E-state index contributed by atoms with van der Waals surface area (Å²) in [7, 11) is 1.68. The molecule has 1 rings (SSSR count). The van der Waals surface area contributed by atoms with Gasteiger partial charge in [-0.15, -0.1) is 0 Å². The summed E-state index contributed by atoms with van der Waals surface area (Å²) in [5, 5.41) is 8.89. The Labute approximate surface area is 123 Å². The summed E-state index contributed by atoms with van der Waals surface area (Å²) in [6, 6.07) is 10.4. The summed E-state index contributed by atoms with van der Waals surface area (Å²) in [6.45, 7) is 5.48. The Morgan fingerprint density at radius 3 is 2.35 bits per heavy atom. The summed E-state index contributed by atoms with van der Waals surface area (Å²) in [5.41, 5.74) is 1.34. The van der Waals surface area contributed by atoms with E-state index in [1.54, 1.807) is 7.11 Å². The van der Waals surface area contributed by atoms with E-state index in [1.807, 2.05) is 19.9 Å². The summed E-state index contributed by atoms with van der Waals surface area (Å²) in [5.74, 6) is 0. The molecular formula is C17H30O3. The molecule has 116 valence electrons. The zero-order chi connectivity index (χ0) is 15.1. The number of hydrogen-bond acceptors (Lipinski definition) is 3. The van der Waals surface area contributed by atoms with Crippen LogP contribution in [0.25, 0.3) is 0 Å². The number of ether oxygens (including phenoxy) is 2. The lowest BCUT2D eigenvalue weighted by Crippen LogP contribution is -2.17. The van der Waals surface area contributed by atoms with E-state index in [2.05, 4.69) is 24.3 Å². The molecule has 0 saturated carbocycles. The maximum absolute atomic E-state index is 8.89. The first kappa shape index (κ1) is 19.1. The maximum atomic E-state index is 8.89. The number of hydrogen-bond donors (Lipinski definition) is 1. The van der Waals surface area contributed by atoms with E-state index in [9.17, 15) is 0 Å². The lowest BCUT2D eigenvalue weighted by molar-refractivity contribution is 0.00654. The van der Waals surface area contributed by atoms with Crippen molar-refractivity contribution in [3.8, 4) is 0 Å². The van der Waals surface area contributed by atoms with Crippen molar-refractivity contribution in [1.29, 1.82) is 0 Å². The number of methoxy groups -OCH3 is 1. The molecule has 0 aliphatic rings. The molecule has 0 heterocycles. The highest BCUT2D eigenvalue weighted by molar-refractivity contribution is 5.14. The average molecular weight is 282 g/mol. The molecule has 3 heteroatoms. The first-order valence-electron chi connectivity index (χ1n) is 7.62. The van der Waals surface area contributed by atoms with E-state index < -0.39 is 0 Å². The van der Waals surface area contributed by atoms with Gasteiger partial charge in [-0.25, -0.2) is 0 Å². The number of benzene rings is 1. The third-order valence-corrected chi connectivity index (χ3v) is 2.92. The van der Waals surface area contributed by atoms with Gasteiger partial charge in [0.2, 0.25) is 0 Å². The van der Waals surface area contributed by atoms with Gasteiger partial charge in [0.05, 0.1) is 19.3 Å². The van der Waals surface area contributed by atoms with Crippen LogP contribution in [0.1, 0.15) is 38.7 Å². The van der Waals surface area contributed by atoms with Crippen molar-refractivity contribution in [3.05, 3.63) is 35.9 Å². The van der Waals surface area contributed by atoms with Crippen LogP contribution in [-0.4, -0.2) is 38.1 Å². The first-order valence-corrected chi connectivity index (χ1v) is 7.62. The Morgan fingerprint density at radius 2 is 1.75 bits per heavy atom. The molecule has 0 amide bonds. The van der Waals surface area contributed by atoms with Crippen LogP contribution in [0.4, 0.5) is 0 Å². The van der Waals surface area contributed by atoms with Crippen molar-refractivity contribution in [1.82, 2.24) is 0 Å². The molecular weight excluding hydrogens is 252 g/mol. The fourth-order valence-electron chi connectivity index (χ4n) is 1.90. The Balaban J connectivity index is 0.00000172. The van der Waals surface area contributed by atoms with E-state index >= 15 is 0 Å². The predicted molar refractivity (Wildman–Crippen MR) is 84.0 cm³/mol. The molecule has 0 bridgehead atoms. The summed E-state index contributed by atoms with van der Waals surface area (Å²) in [6.07, 6.45) is 3.93. The van der Waals surface area contributed by atoms with Crippen LogP contribution < -0.4 is 0 Å². The number of aliphatic hydroxyl groups excluding tert-OH is 1. The number of aryl methyl sites for hydroxylation is 1. The maximum Gasteiger partial charge on any atom is 0.0704 e. The van der Waals surface area contributed by atoms with Crippen LogP contribution in [0.15, 0.2) is 30.3 Å². The van der Waals surface area contributed by atoms with Crippen molar-refractivity contribution >= 4 is 0 Å². The molecule has 1 N–H and O–H groups in total. The molecule has 0 spiro atoms. The smallest absolute Gasteiger partial charge is 0.0704 e. The summed E-state index contributed by atoms with van der Waals surface area (Å²) in [4.78, 5) is 0. The largest absolute Gasteiger partial charge is 0.396 e. The van der Waals surface area contributed by atoms with Crippen LogP contribution >= 0.6 is 0 Å². The molecule has 1 aromatic carbocycles. The van der Waals surface area contributed by atoms with Crippen molar-refractivity contribution in [2.45, 2.75) is 45.6 Å². The third kappa shape index (κ3) is 9.96. The molecule has 0 fully saturated rings. The van der Waals surface area contributed by atoms with Gasteiger partial charge in [-0.2, -0.15) is 0 Å². The van der Waals surface area contributed by atoms with Crippen LogP contribution in [0, 0.1) is 0 Å². The SMILES string of the molecule is CC.COCCOC(CCCO)CCc1ccccc1. The Hall–Kier alpha value is -0.900. The second-order valence-corrected chi connectivity index (χ2v) is 4.38. The molecule has 1 aromatic rings. The monoisotopic (exact) mass is 282 g/mol. The van der Waals surface area contributed by atoms with Crippen molar-refractivity contribution in [2.24, 2.45) is 0 Å². The first-order chi connectivity index (χ1) is 9.86. The highest BCUT2D eigenvalue weighted by atomic mass is 16.5. The predicted octanol–water partition coefficient (Wildman–Crippen LogP) is 3.45. The molecule has 0 aliphatic heterocycles. The van der Waals surface area contributed by atoms with Gasteiger partial charge < -0.3 is 14.6 Å². The number of aliphatic hydroxyl groups is 1. The molecule has 0 saturated heterocycles. The van der Waals surface area contributed by atoms with Crippen molar-refractivity contribution in [2.75, 3.05) is 26.9 Å². The van der Waals surface area contributed by atoms with Crippen molar-refractivity contribution in [3.63, 3.8) is 0 Å². The second-order valence-electron chi connectivity index (χ2n) is 4.38. The van der Waals surface area contributed by atoms with Gasteiger partial charge in [0.15, 0.2) is 0 Å². The molecule has 0 radical (unpaired) electrons. The summed E-state index contributed by atoms with van der Waals surface area (Å²) >= 11 is 0. The molecule has 1 unspecified atom stereocenters. The van der Waals surface area contributed by atoms with E-state index in [1.165, 1.54) is 5.56 Å². The van der Waals surface area contributed by atoms with Gasteiger partial charge in [0.25, 0.3) is 0 Å². The van der Waals surface area contributed by atoms with E-state index in [4.69, 9.17) is 14.6 Å². The quantitative estimate of drug-likeness (QED) is 0.668.